The maximum absolute atomic E-state index is 12.3. The quantitative estimate of drug-likeness (QED) is 0.0946. The molecule has 22 nitrogen and oxygen atoms in total. The summed E-state index contributed by atoms with van der Waals surface area (Å²) < 4.78 is 64.7. The van der Waals surface area contributed by atoms with Crippen molar-refractivity contribution in [2.24, 2.45) is 0 Å². The van der Waals surface area contributed by atoms with Crippen LogP contribution in [0.1, 0.15) is 6.23 Å². The van der Waals surface area contributed by atoms with Gasteiger partial charge in [0.15, 0.2) is 12.5 Å². The lowest BCUT2D eigenvalue weighted by molar-refractivity contribution is -0.247. The van der Waals surface area contributed by atoms with E-state index in [9.17, 15) is 63.5 Å². The zero-order valence-electron chi connectivity index (χ0n) is 20.6. The first-order valence-corrected chi connectivity index (χ1v) is 15.8. The van der Waals surface area contributed by atoms with Crippen molar-refractivity contribution >= 4 is 23.5 Å². The normalized spacial score (nSPS) is 36.8. The summed E-state index contributed by atoms with van der Waals surface area (Å²) in [6, 6.07) is -0.533. The van der Waals surface area contributed by atoms with Crippen LogP contribution in [0.5, 0.6) is 0 Å². The number of rotatable bonds is 12. The molecule has 41 heavy (non-hydrogen) atoms. The highest BCUT2D eigenvalue weighted by Crippen LogP contribution is 2.68. The largest absolute Gasteiger partial charge is 0.490 e. The van der Waals surface area contributed by atoms with Gasteiger partial charge in [0, 0.05) is 12.3 Å². The molecule has 3 heterocycles. The predicted octanol–water partition coefficient (Wildman–Crippen LogP) is -4.45. The maximum atomic E-state index is 12.3. The summed E-state index contributed by atoms with van der Waals surface area (Å²) in [6.07, 6.45) is -12.9. The number of hydrogen-bond donors (Lipinski definition) is 10. The molecule has 2 fully saturated rings. The van der Waals surface area contributed by atoms with E-state index >= 15 is 0 Å². The SMILES string of the molecule is CN[C@H]1[C@@H](OP(=O)(O)OP(=O)(O)OP(=O)(O)OC[C@H]2O[C@@H](n3ccc(=O)[nH]c3=O)[C@H](O)[C@@H]2O)O[C@H](CO)[C@@H](O)[C@@H]1O. The third-order valence-corrected chi connectivity index (χ3v) is 9.98. The molecule has 10 N–H and O–H groups in total. The van der Waals surface area contributed by atoms with E-state index in [1.54, 1.807) is 0 Å². The second kappa shape index (κ2) is 13.2. The molecule has 1 aromatic rings. The van der Waals surface area contributed by atoms with Crippen LogP contribution in [0.2, 0.25) is 0 Å². The van der Waals surface area contributed by atoms with Crippen LogP contribution in [0, 0.1) is 0 Å². The number of aromatic amines is 1. The molecule has 236 valence electrons. The Morgan fingerprint density at radius 2 is 1.54 bits per heavy atom. The molecule has 2 aliphatic rings. The lowest BCUT2D eigenvalue weighted by atomic mass is 9.97. The number of nitrogens with one attached hydrogen (secondary N) is 2. The summed E-state index contributed by atoms with van der Waals surface area (Å²) in [5, 5.41) is 51.9. The summed E-state index contributed by atoms with van der Waals surface area (Å²) in [6.45, 7) is -1.99. The van der Waals surface area contributed by atoms with Gasteiger partial charge < -0.3 is 55.0 Å². The maximum Gasteiger partial charge on any atom is 0.490 e. The number of hydrogen-bond acceptors (Lipinski definition) is 17. The Morgan fingerprint density at radius 3 is 2.12 bits per heavy atom. The molecule has 2 saturated heterocycles. The number of phosphoric acid groups is 3. The molecule has 0 bridgehead atoms. The Labute approximate surface area is 228 Å². The molecule has 25 heteroatoms. The minimum Gasteiger partial charge on any atom is -0.394 e. The molecular weight excluding hydrogens is 631 g/mol. The van der Waals surface area contributed by atoms with E-state index in [0.717, 1.165) is 12.3 Å². The van der Waals surface area contributed by atoms with Crippen molar-refractivity contribution in [3.05, 3.63) is 33.1 Å². The van der Waals surface area contributed by atoms with Crippen molar-refractivity contribution in [3.8, 4) is 0 Å². The number of H-pyrrole nitrogens is 1. The van der Waals surface area contributed by atoms with Gasteiger partial charge in [-0.2, -0.15) is 8.62 Å². The average Bonchev–Trinajstić information content (AvgIpc) is 3.12. The van der Waals surface area contributed by atoms with E-state index in [1.807, 2.05) is 4.98 Å². The second-order valence-electron chi connectivity index (χ2n) is 8.55. The van der Waals surface area contributed by atoms with Crippen molar-refractivity contribution < 1.29 is 81.1 Å². The highest BCUT2D eigenvalue weighted by atomic mass is 31.3. The Morgan fingerprint density at radius 1 is 0.927 bits per heavy atom. The number of aromatic nitrogens is 2. The fourth-order valence-electron chi connectivity index (χ4n) is 3.82. The van der Waals surface area contributed by atoms with Crippen molar-refractivity contribution in [1.29, 1.82) is 0 Å². The smallest absolute Gasteiger partial charge is 0.394 e. The first-order valence-electron chi connectivity index (χ1n) is 11.3. The molecule has 1 aromatic heterocycles. The van der Waals surface area contributed by atoms with Crippen molar-refractivity contribution in [2.75, 3.05) is 20.3 Å². The van der Waals surface area contributed by atoms with Gasteiger partial charge in [0.2, 0.25) is 0 Å². The van der Waals surface area contributed by atoms with Crippen molar-refractivity contribution in [3.63, 3.8) is 0 Å². The van der Waals surface area contributed by atoms with Crippen LogP contribution in [0.4, 0.5) is 0 Å². The molecule has 0 aromatic carbocycles. The fourth-order valence-corrected chi connectivity index (χ4v) is 7.42. The van der Waals surface area contributed by atoms with Gasteiger partial charge in [-0.05, 0) is 7.05 Å². The highest BCUT2D eigenvalue weighted by Gasteiger charge is 2.50. The van der Waals surface area contributed by atoms with E-state index in [0.29, 0.717) is 4.57 Å². The van der Waals surface area contributed by atoms with Crippen LogP contribution in [0.15, 0.2) is 21.9 Å². The molecule has 0 radical (unpaired) electrons. The number of aliphatic hydroxyl groups is 5. The summed E-state index contributed by atoms with van der Waals surface area (Å²) >= 11 is 0. The number of nitrogens with zero attached hydrogens (tertiary/aromatic N) is 1. The van der Waals surface area contributed by atoms with E-state index in [4.69, 9.17) is 9.47 Å². The van der Waals surface area contributed by atoms with E-state index < -0.39 is 103 Å². The minimum absolute atomic E-state index is 0.690. The van der Waals surface area contributed by atoms with Gasteiger partial charge in [0.05, 0.1) is 19.3 Å². The van der Waals surface area contributed by atoms with Crippen LogP contribution in [0.3, 0.4) is 0 Å². The number of ether oxygens (including phenoxy) is 2. The molecular formula is C16H28N3O19P3. The first-order chi connectivity index (χ1) is 18.9. The van der Waals surface area contributed by atoms with Crippen LogP contribution in [-0.2, 0) is 40.8 Å². The molecule has 0 aliphatic carbocycles. The number of aliphatic hydroxyl groups excluding tert-OH is 5. The van der Waals surface area contributed by atoms with Gasteiger partial charge >= 0.3 is 29.2 Å². The summed E-state index contributed by atoms with van der Waals surface area (Å²) in [5.41, 5.74) is -1.80. The summed E-state index contributed by atoms with van der Waals surface area (Å²) in [5.74, 6) is 0. The van der Waals surface area contributed by atoms with Gasteiger partial charge in [-0.25, -0.2) is 18.5 Å². The topological polar surface area (TPSA) is 335 Å². The predicted molar refractivity (Wildman–Crippen MR) is 127 cm³/mol. The van der Waals surface area contributed by atoms with Gasteiger partial charge in [-0.1, -0.05) is 0 Å². The van der Waals surface area contributed by atoms with Crippen LogP contribution >= 0.6 is 23.5 Å². The Bertz CT molecular complexity index is 1320. The van der Waals surface area contributed by atoms with Crippen molar-refractivity contribution in [2.45, 2.75) is 55.2 Å². The zero-order chi connectivity index (χ0) is 30.9. The Balaban J connectivity index is 1.61. The molecule has 3 unspecified atom stereocenters. The van der Waals surface area contributed by atoms with Gasteiger partial charge in [-0.15, -0.1) is 0 Å². The third-order valence-electron chi connectivity index (χ3n) is 5.73. The Hall–Kier alpha value is -1.23. The highest BCUT2D eigenvalue weighted by molar-refractivity contribution is 7.66. The minimum atomic E-state index is -5.99. The van der Waals surface area contributed by atoms with Gasteiger partial charge in [0.25, 0.3) is 5.56 Å². The molecule has 2 aliphatic heterocycles. The van der Waals surface area contributed by atoms with Gasteiger partial charge in [0.1, 0.15) is 36.6 Å². The summed E-state index contributed by atoms with van der Waals surface area (Å²) in [4.78, 5) is 54.5. The van der Waals surface area contributed by atoms with Crippen molar-refractivity contribution in [1.82, 2.24) is 14.9 Å². The fraction of sp³-hybridized carbons (Fsp3) is 0.750. The van der Waals surface area contributed by atoms with Crippen LogP contribution < -0.4 is 16.6 Å². The first kappa shape index (κ1) is 34.3. The van der Waals surface area contributed by atoms with Crippen LogP contribution in [0.25, 0.3) is 0 Å². The molecule has 0 saturated carbocycles. The number of likely N-dealkylation sites (N-methyl/N-ethyl adjacent to an activating group) is 1. The standard InChI is InChI=1S/C16H28N3O19P3/c1-17-9-12(24)10(22)6(4-20)35-15(9)36-40(29,30)38-41(31,32)37-39(27,28)33-5-7-11(23)13(25)14(34-7)19-3-2-8(21)18-16(19)26/h2-3,6-7,9-15,17,20,22-25H,4-5H2,1H3,(H,27,28)(H,29,30)(H,31,32)(H,18,21,26)/t6-,7-,9-,10-,11-,12-,13-,14-,15-/m1/s1. The zero-order valence-corrected chi connectivity index (χ0v) is 23.3. The lowest BCUT2D eigenvalue weighted by Gasteiger charge is -2.41. The lowest BCUT2D eigenvalue weighted by Crippen LogP contribution is -2.63. The molecule has 0 amide bonds. The monoisotopic (exact) mass is 659 g/mol. The molecule has 3 rings (SSSR count). The second-order valence-corrected chi connectivity index (χ2v) is 13.1. The number of phosphoric ester groups is 2. The van der Waals surface area contributed by atoms with Gasteiger partial charge in [-0.3, -0.25) is 23.4 Å². The summed E-state index contributed by atoms with van der Waals surface area (Å²) in [7, 11) is -16.2. The average molecular weight is 659 g/mol. The van der Waals surface area contributed by atoms with E-state index in [-0.39, 0.29) is 0 Å². The molecule has 0 spiro atoms. The Kier molecular flexibility index (Phi) is 11.0. The van der Waals surface area contributed by atoms with E-state index in [1.165, 1.54) is 7.05 Å². The molecule has 12 atom stereocenters. The van der Waals surface area contributed by atoms with E-state index in [2.05, 4.69) is 23.0 Å². The van der Waals surface area contributed by atoms with Crippen LogP contribution in [-0.4, -0.2) is 119 Å². The third kappa shape index (κ3) is 8.45.